The van der Waals surface area contributed by atoms with Crippen LogP contribution in [0.5, 0.6) is 0 Å². The third-order valence-corrected chi connectivity index (χ3v) is 2.56. The zero-order valence-corrected chi connectivity index (χ0v) is 10.6. The molecule has 6 heteroatoms. The van der Waals surface area contributed by atoms with Crippen molar-refractivity contribution in [1.29, 1.82) is 0 Å². The normalized spacial score (nSPS) is 11.0. The van der Waals surface area contributed by atoms with Crippen LogP contribution in [0.4, 0.5) is 5.82 Å². The van der Waals surface area contributed by atoms with Crippen LogP contribution in [-0.2, 0) is 4.74 Å². The third kappa shape index (κ3) is 3.18. The summed E-state index contributed by atoms with van der Waals surface area (Å²) in [6, 6.07) is 4.06. The number of pyridine rings is 1. The number of nitrogens with one attached hydrogen (secondary N) is 1. The van der Waals surface area contributed by atoms with Gasteiger partial charge in [-0.3, -0.25) is 0 Å². The number of ether oxygens (including phenoxy) is 1. The molecule has 0 aliphatic carbocycles. The van der Waals surface area contributed by atoms with Crippen LogP contribution in [0, 0.1) is 6.92 Å². The van der Waals surface area contributed by atoms with Crippen molar-refractivity contribution in [3.05, 3.63) is 24.0 Å². The van der Waals surface area contributed by atoms with Gasteiger partial charge in [-0.15, -0.1) is 0 Å². The topological polar surface area (TPSA) is 77.5 Å². The van der Waals surface area contributed by atoms with Crippen LogP contribution in [0.15, 0.2) is 18.5 Å². The Morgan fingerprint density at radius 2 is 2.28 bits per heavy atom. The van der Waals surface area contributed by atoms with Gasteiger partial charge in [0.05, 0.1) is 6.61 Å². The fourth-order valence-corrected chi connectivity index (χ4v) is 1.76. The molecule has 98 valence electrons. The molecule has 2 aromatic heterocycles. The van der Waals surface area contributed by atoms with Crippen molar-refractivity contribution >= 4 is 11.5 Å². The molecule has 0 aromatic carbocycles. The lowest BCUT2D eigenvalue weighted by Crippen LogP contribution is -2.12. The van der Waals surface area contributed by atoms with E-state index < -0.39 is 0 Å². The summed E-state index contributed by atoms with van der Waals surface area (Å²) in [4.78, 5) is 4.18. The first-order valence-electron chi connectivity index (χ1n) is 6.13. The van der Waals surface area contributed by atoms with Crippen molar-refractivity contribution in [3.63, 3.8) is 0 Å². The van der Waals surface area contributed by atoms with E-state index in [0.29, 0.717) is 13.2 Å². The molecule has 0 radical (unpaired) electrons. The molecule has 2 rings (SSSR count). The summed E-state index contributed by atoms with van der Waals surface area (Å²) < 4.78 is 7.12. The summed E-state index contributed by atoms with van der Waals surface area (Å²) in [5.74, 6) is 0.960. The van der Waals surface area contributed by atoms with Crippen LogP contribution < -0.4 is 11.1 Å². The Labute approximate surface area is 106 Å². The first-order chi connectivity index (χ1) is 8.81. The van der Waals surface area contributed by atoms with Gasteiger partial charge in [-0.2, -0.15) is 9.61 Å². The van der Waals surface area contributed by atoms with Crippen LogP contribution in [0.1, 0.15) is 12.0 Å². The molecule has 6 nitrogen and oxygen atoms in total. The first kappa shape index (κ1) is 12.8. The van der Waals surface area contributed by atoms with Gasteiger partial charge in [-0.05, 0) is 31.0 Å². The standard InChI is InChI=1S/C12H19N5O/c1-10-7-11(14-4-2-5-18-6-3-13)17-12(8-10)15-9-16-17/h7-9,14H,2-6,13H2,1H3. The average molecular weight is 249 g/mol. The van der Waals surface area contributed by atoms with Crippen LogP contribution >= 0.6 is 0 Å². The van der Waals surface area contributed by atoms with Crippen LogP contribution in [0.2, 0.25) is 0 Å². The second kappa shape index (κ2) is 6.32. The quantitative estimate of drug-likeness (QED) is 0.710. The third-order valence-electron chi connectivity index (χ3n) is 2.56. The monoisotopic (exact) mass is 249 g/mol. The van der Waals surface area contributed by atoms with E-state index in [1.807, 2.05) is 13.0 Å². The molecule has 0 atom stereocenters. The fourth-order valence-electron chi connectivity index (χ4n) is 1.76. The predicted molar refractivity (Wildman–Crippen MR) is 70.7 cm³/mol. The number of hydrogen-bond acceptors (Lipinski definition) is 5. The summed E-state index contributed by atoms with van der Waals surface area (Å²) in [5.41, 5.74) is 7.36. The minimum Gasteiger partial charge on any atom is -0.380 e. The van der Waals surface area contributed by atoms with Crippen molar-refractivity contribution in [2.75, 3.05) is 31.6 Å². The van der Waals surface area contributed by atoms with E-state index in [2.05, 4.69) is 21.5 Å². The van der Waals surface area contributed by atoms with Crippen LogP contribution in [0.25, 0.3) is 5.65 Å². The molecule has 0 bridgehead atoms. The summed E-state index contributed by atoms with van der Waals surface area (Å²) in [6.45, 7) is 4.80. The average Bonchev–Trinajstić information content (AvgIpc) is 2.81. The molecule has 0 saturated heterocycles. The van der Waals surface area contributed by atoms with Gasteiger partial charge in [-0.1, -0.05) is 0 Å². The predicted octanol–water partition coefficient (Wildman–Crippen LogP) is 0.815. The van der Waals surface area contributed by atoms with E-state index in [9.17, 15) is 0 Å². The maximum atomic E-state index is 5.34. The Morgan fingerprint density at radius 3 is 3.11 bits per heavy atom. The number of aromatic nitrogens is 3. The van der Waals surface area contributed by atoms with Crippen LogP contribution in [-0.4, -0.2) is 40.9 Å². The molecular formula is C12H19N5O. The summed E-state index contributed by atoms with van der Waals surface area (Å²) in [6.07, 6.45) is 2.49. The minimum absolute atomic E-state index is 0.574. The SMILES string of the molecule is Cc1cc(NCCCOCCN)n2ncnc2c1. The van der Waals surface area contributed by atoms with Gasteiger partial charge in [0.25, 0.3) is 0 Å². The van der Waals surface area contributed by atoms with E-state index in [-0.39, 0.29) is 0 Å². The molecule has 0 saturated carbocycles. The summed E-state index contributed by atoms with van der Waals surface area (Å²) in [7, 11) is 0. The Hall–Kier alpha value is -1.66. The Bertz CT molecular complexity index is 496. The maximum Gasteiger partial charge on any atom is 0.157 e. The molecule has 3 N–H and O–H groups in total. The molecule has 2 heterocycles. The fraction of sp³-hybridized carbons (Fsp3) is 0.500. The lowest BCUT2D eigenvalue weighted by Gasteiger charge is -2.09. The zero-order chi connectivity index (χ0) is 12.8. The first-order valence-corrected chi connectivity index (χ1v) is 6.13. The molecule has 0 aliphatic heterocycles. The smallest absolute Gasteiger partial charge is 0.157 e. The molecule has 0 fully saturated rings. The van der Waals surface area contributed by atoms with Gasteiger partial charge in [-0.25, -0.2) is 4.98 Å². The van der Waals surface area contributed by atoms with Crippen molar-refractivity contribution in [2.45, 2.75) is 13.3 Å². The number of aryl methyl sites for hydroxylation is 1. The largest absolute Gasteiger partial charge is 0.380 e. The summed E-state index contributed by atoms with van der Waals surface area (Å²) in [5, 5.41) is 7.52. The Morgan fingerprint density at radius 1 is 1.39 bits per heavy atom. The maximum absolute atomic E-state index is 5.34. The second-order valence-corrected chi connectivity index (χ2v) is 4.13. The highest BCUT2D eigenvalue weighted by Gasteiger charge is 2.02. The molecule has 0 amide bonds. The number of nitrogens with zero attached hydrogens (tertiary/aromatic N) is 3. The summed E-state index contributed by atoms with van der Waals surface area (Å²) >= 11 is 0. The number of hydrogen-bond donors (Lipinski definition) is 2. The van der Waals surface area contributed by atoms with Gasteiger partial charge >= 0.3 is 0 Å². The number of fused-ring (bicyclic) bond motifs is 1. The van der Waals surface area contributed by atoms with E-state index in [4.69, 9.17) is 10.5 Å². The van der Waals surface area contributed by atoms with E-state index in [1.165, 1.54) is 0 Å². The van der Waals surface area contributed by atoms with Gasteiger partial charge < -0.3 is 15.8 Å². The minimum atomic E-state index is 0.574. The molecule has 2 aromatic rings. The highest BCUT2D eigenvalue weighted by molar-refractivity contribution is 5.51. The van der Waals surface area contributed by atoms with Crippen molar-refractivity contribution in [3.8, 4) is 0 Å². The van der Waals surface area contributed by atoms with Gasteiger partial charge in [0.2, 0.25) is 0 Å². The second-order valence-electron chi connectivity index (χ2n) is 4.13. The molecule has 0 spiro atoms. The van der Waals surface area contributed by atoms with E-state index >= 15 is 0 Å². The highest BCUT2D eigenvalue weighted by atomic mass is 16.5. The molecule has 18 heavy (non-hydrogen) atoms. The van der Waals surface area contributed by atoms with Crippen LogP contribution in [0.3, 0.4) is 0 Å². The van der Waals surface area contributed by atoms with Gasteiger partial charge in [0, 0.05) is 19.7 Å². The number of nitrogens with two attached hydrogens (primary N) is 1. The van der Waals surface area contributed by atoms with Crippen molar-refractivity contribution < 1.29 is 4.74 Å². The van der Waals surface area contributed by atoms with E-state index in [1.54, 1.807) is 10.8 Å². The molecule has 0 unspecified atom stereocenters. The van der Waals surface area contributed by atoms with Crippen molar-refractivity contribution in [1.82, 2.24) is 14.6 Å². The zero-order valence-electron chi connectivity index (χ0n) is 10.6. The van der Waals surface area contributed by atoms with Gasteiger partial charge in [0.15, 0.2) is 5.65 Å². The number of anilines is 1. The molecule has 0 aliphatic rings. The molecular weight excluding hydrogens is 230 g/mol. The van der Waals surface area contributed by atoms with Gasteiger partial charge in [0.1, 0.15) is 12.1 Å². The Kier molecular flexibility index (Phi) is 4.49. The van der Waals surface area contributed by atoms with E-state index in [0.717, 1.165) is 36.6 Å². The lowest BCUT2D eigenvalue weighted by atomic mass is 10.3. The van der Waals surface area contributed by atoms with Crippen molar-refractivity contribution in [2.24, 2.45) is 5.73 Å². The lowest BCUT2D eigenvalue weighted by molar-refractivity contribution is 0.141. The Balaban J connectivity index is 1.89. The highest BCUT2D eigenvalue weighted by Crippen LogP contribution is 2.12. The number of rotatable bonds is 7.